The van der Waals surface area contributed by atoms with Crippen molar-refractivity contribution in [1.29, 1.82) is 0 Å². The fourth-order valence-corrected chi connectivity index (χ4v) is 3.39. The van der Waals surface area contributed by atoms with Crippen LogP contribution in [0.25, 0.3) is 0 Å². The van der Waals surface area contributed by atoms with Gasteiger partial charge in [0, 0.05) is 17.9 Å². The van der Waals surface area contributed by atoms with Crippen LogP contribution in [-0.4, -0.2) is 11.4 Å². The zero-order valence-corrected chi connectivity index (χ0v) is 12.0. The van der Waals surface area contributed by atoms with E-state index in [0.717, 1.165) is 23.8 Å². The Kier molecular flexibility index (Phi) is 5.53. The summed E-state index contributed by atoms with van der Waals surface area (Å²) < 4.78 is 0. The summed E-state index contributed by atoms with van der Waals surface area (Å²) in [6, 6.07) is 11.4. The van der Waals surface area contributed by atoms with E-state index >= 15 is 0 Å². The number of hydrogen-bond acceptors (Lipinski definition) is 1. The van der Waals surface area contributed by atoms with Gasteiger partial charge in [0.25, 0.3) is 0 Å². The Morgan fingerprint density at radius 3 is 2.65 bits per heavy atom. The van der Waals surface area contributed by atoms with Crippen molar-refractivity contribution in [2.24, 2.45) is 5.92 Å². The molecule has 1 aromatic carbocycles. The van der Waals surface area contributed by atoms with E-state index in [1.165, 1.54) is 37.7 Å². The van der Waals surface area contributed by atoms with E-state index in [4.69, 9.17) is 0 Å². The summed E-state index contributed by atoms with van der Waals surface area (Å²) in [6.45, 7) is 1.02. The molecule has 1 N–H and O–H groups in total. The Morgan fingerprint density at radius 1 is 1.12 bits per heavy atom. The first-order chi connectivity index (χ1) is 8.40. The predicted molar refractivity (Wildman–Crippen MR) is 77.4 cm³/mol. The molecule has 0 heterocycles. The van der Waals surface area contributed by atoms with Crippen molar-refractivity contribution in [3.63, 3.8) is 0 Å². The summed E-state index contributed by atoms with van der Waals surface area (Å²) in [5, 5.41) is 4.89. The third kappa shape index (κ3) is 4.11. The van der Waals surface area contributed by atoms with Gasteiger partial charge in [0.2, 0.25) is 0 Å². The van der Waals surface area contributed by atoms with Crippen molar-refractivity contribution in [2.75, 3.05) is 5.33 Å². The first kappa shape index (κ1) is 13.1. The van der Waals surface area contributed by atoms with E-state index in [2.05, 4.69) is 51.6 Å². The Balaban J connectivity index is 1.84. The van der Waals surface area contributed by atoms with Crippen LogP contribution < -0.4 is 5.32 Å². The summed E-state index contributed by atoms with van der Waals surface area (Å²) >= 11 is 3.58. The van der Waals surface area contributed by atoms with Gasteiger partial charge in [-0.3, -0.25) is 0 Å². The second kappa shape index (κ2) is 7.17. The van der Waals surface area contributed by atoms with Gasteiger partial charge in [0.15, 0.2) is 0 Å². The lowest BCUT2D eigenvalue weighted by atomic mass is 9.83. The van der Waals surface area contributed by atoms with E-state index in [1.807, 2.05) is 0 Å². The maximum absolute atomic E-state index is 3.75. The van der Waals surface area contributed by atoms with Crippen LogP contribution in [0.3, 0.4) is 0 Å². The summed E-state index contributed by atoms with van der Waals surface area (Å²) in [5.41, 5.74) is 1.40. The topological polar surface area (TPSA) is 12.0 Å². The molecule has 1 saturated carbocycles. The second-order valence-corrected chi connectivity index (χ2v) is 5.79. The minimum Gasteiger partial charge on any atom is -0.310 e. The molecule has 0 spiro atoms. The lowest BCUT2D eigenvalue weighted by Crippen LogP contribution is -2.38. The Morgan fingerprint density at radius 2 is 1.88 bits per heavy atom. The fraction of sp³-hybridized carbons (Fsp3) is 0.600. The van der Waals surface area contributed by atoms with Crippen LogP contribution in [0.15, 0.2) is 30.3 Å². The second-order valence-electron chi connectivity index (χ2n) is 5.00. The molecule has 94 valence electrons. The van der Waals surface area contributed by atoms with Crippen molar-refractivity contribution in [3.8, 4) is 0 Å². The summed E-state index contributed by atoms with van der Waals surface area (Å²) in [6.07, 6.45) is 6.88. The molecule has 0 radical (unpaired) electrons. The van der Waals surface area contributed by atoms with E-state index in [0.29, 0.717) is 0 Å². The lowest BCUT2D eigenvalue weighted by molar-refractivity contribution is 0.256. The van der Waals surface area contributed by atoms with Gasteiger partial charge in [-0.1, -0.05) is 59.1 Å². The van der Waals surface area contributed by atoms with E-state index in [1.54, 1.807) is 0 Å². The van der Waals surface area contributed by atoms with Crippen molar-refractivity contribution in [2.45, 2.75) is 44.7 Å². The number of halogens is 1. The van der Waals surface area contributed by atoms with Crippen LogP contribution >= 0.6 is 15.9 Å². The molecule has 0 aromatic heterocycles. The van der Waals surface area contributed by atoms with Gasteiger partial charge in [-0.25, -0.2) is 0 Å². The number of rotatable bonds is 5. The van der Waals surface area contributed by atoms with Crippen LogP contribution in [0, 0.1) is 5.92 Å². The van der Waals surface area contributed by atoms with Gasteiger partial charge in [-0.15, -0.1) is 0 Å². The summed E-state index contributed by atoms with van der Waals surface area (Å²) in [4.78, 5) is 0. The van der Waals surface area contributed by atoms with Gasteiger partial charge in [0.1, 0.15) is 0 Å². The first-order valence-corrected chi connectivity index (χ1v) is 7.85. The van der Waals surface area contributed by atoms with Crippen molar-refractivity contribution >= 4 is 15.9 Å². The van der Waals surface area contributed by atoms with Gasteiger partial charge < -0.3 is 5.32 Å². The average molecular weight is 296 g/mol. The quantitative estimate of drug-likeness (QED) is 0.806. The zero-order valence-electron chi connectivity index (χ0n) is 10.4. The molecule has 0 aliphatic heterocycles. The lowest BCUT2D eigenvalue weighted by Gasteiger charge is -2.32. The van der Waals surface area contributed by atoms with Crippen LogP contribution in [0.5, 0.6) is 0 Å². The van der Waals surface area contributed by atoms with Gasteiger partial charge in [-0.05, 0) is 30.7 Å². The number of alkyl halides is 1. The number of hydrogen-bond donors (Lipinski definition) is 1. The SMILES string of the molecule is BrCC[C@@H]1CCCC[C@H]1NCc1ccccc1. The largest absolute Gasteiger partial charge is 0.310 e. The smallest absolute Gasteiger partial charge is 0.0208 e. The molecule has 1 nitrogen and oxygen atoms in total. The molecular formula is C15H22BrN. The Bertz CT molecular complexity index is 310. The normalized spacial score (nSPS) is 24.8. The molecule has 0 amide bonds. The molecule has 1 aliphatic rings. The fourth-order valence-electron chi connectivity index (χ4n) is 2.81. The number of benzene rings is 1. The van der Waals surface area contributed by atoms with Crippen LogP contribution in [-0.2, 0) is 6.54 Å². The van der Waals surface area contributed by atoms with Crippen LogP contribution in [0.2, 0.25) is 0 Å². The highest BCUT2D eigenvalue weighted by Crippen LogP contribution is 2.27. The highest BCUT2D eigenvalue weighted by molar-refractivity contribution is 9.09. The average Bonchev–Trinajstić information content (AvgIpc) is 2.39. The van der Waals surface area contributed by atoms with Gasteiger partial charge in [-0.2, -0.15) is 0 Å². The molecule has 2 atom stereocenters. The maximum atomic E-state index is 3.75. The molecule has 2 rings (SSSR count). The standard InChI is InChI=1S/C15H22BrN/c16-11-10-14-8-4-5-9-15(14)17-12-13-6-2-1-3-7-13/h1-3,6-7,14-15,17H,4-5,8-12H2/t14-,15+/m0/s1. The molecule has 17 heavy (non-hydrogen) atoms. The van der Waals surface area contributed by atoms with E-state index in [9.17, 15) is 0 Å². The molecule has 1 fully saturated rings. The zero-order chi connectivity index (χ0) is 11.9. The molecule has 1 aromatic rings. The third-order valence-corrected chi connectivity index (χ3v) is 4.26. The molecule has 0 bridgehead atoms. The molecule has 0 unspecified atom stereocenters. The summed E-state index contributed by atoms with van der Waals surface area (Å²) in [5.74, 6) is 0.867. The van der Waals surface area contributed by atoms with Crippen molar-refractivity contribution < 1.29 is 0 Å². The third-order valence-electron chi connectivity index (χ3n) is 3.80. The predicted octanol–water partition coefficient (Wildman–Crippen LogP) is 4.12. The van der Waals surface area contributed by atoms with Gasteiger partial charge in [0.05, 0.1) is 0 Å². The molecule has 0 saturated heterocycles. The van der Waals surface area contributed by atoms with E-state index < -0.39 is 0 Å². The maximum Gasteiger partial charge on any atom is 0.0208 e. The van der Waals surface area contributed by atoms with Crippen molar-refractivity contribution in [1.82, 2.24) is 5.32 Å². The Labute approximate surface area is 113 Å². The molecule has 2 heteroatoms. The minimum absolute atomic E-state index is 0.724. The summed E-state index contributed by atoms with van der Waals surface area (Å²) in [7, 11) is 0. The highest BCUT2D eigenvalue weighted by Gasteiger charge is 2.23. The highest BCUT2D eigenvalue weighted by atomic mass is 79.9. The van der Waals surface area contributed by atoms with Crippen LogP contribution in [0.4, 0.5) is 0 Å². The minimum atomic E-state index is 0.724. The monoisotopic (exact) mass is 295 g/mol. The first-order valence-electron chi connectivity index (χ1n) is 6.73. The Hall–Kier alpha value is -0.340. The van der Waals surface area contributed by atoms with Gasteiger partial charge >= 0.3 is 0 Å². The van der Waals surface area contributed by atoms with Crippen LogP contribution in [0.1, 0.15) is 37.7 Å². The molecular weight excluding hydrogens is 274 g/mol. The number of nitrogens with one attached hydrogen (secondary N) is 1. The van der Waals surface area contributed by atoms with Crippen molar-refractivity contribution in [3.05, 3.63) is 35.9 Å². The molecule has 1 aliphatic carbocycles. The van der Waals surface area contributed by atoms with E-state index in [-0.39, 0.29) is 0 Å².